The molecule has 0 spiro atoms. The van der Waals surface area contributed by atoms with Crippen LogP contribution in [0.5, 0.6) is 0 Å². The summed E-state index contributed by atoms with van der Waals surface area (Å²) in [6, 6.07) is 26.0. The van der Waals surface area contributed by atoms with Crippen LogP contribution in [0.25, 0.3) is 32.8 Å². The molecule has 1 aliphatic rings. The topological polar surface area (TPSA) is 248 Å². The Hall–Kier alpha value is -8.14. The molecule has 0 fully saturated rings. The Kier molecular flexibility index (Phi) is 9.05. The number of H-pyrrole nitrogens is 4. The minimum absolute atomic E-state index is 0.00132. The Morgan fingerprint density at radius 3 is 1.43 bits per heavy atom. The molecule has 0 saturated carbocycles. The van der Waals surface area contributed by atoms with Crippen LogP contribution >= 0.6 is 0 Å². The van der Waals surface area contributed by atoms with Crippen LogP contribution in [0.2, 0.25) is 0 Å². The number of para-hydroxylation sites is 3. The minimum Gasteiger partial charge on any atom is -0.320 e. The molecule has 16 heteroatoms. The van der Waals surface area contributed by atoms with Gasteiger partial charge in [0.2, 0.25) is 0 Å². The number of fused-ring (bicyclic) bond motifs is 7. The zero-order valence-corrected chi connectivity index (χ0v) is 27.7. The lowest BCUT2D eigenvalue weighted by Crippen LogP contribution is -2.30. The van der Waals surface area contributed by atoms with Crippen LogP contribution in [-0.4, -0.2) is 43.6 Å². The van der Waals surface area contributed by atoms with Crippen molar-refractivity contribution in [3.05, 3.63) is 162 Å². The summed E-state index contributed by atoms with van der Waals surface area (Å²) >= 11 is 0. The van der Waals surface area contributed by atoms with Crippen LogP contribution in [0.3, 0.4) is 0 Å². The summed E-state index contributed by atoms with van der Waals surface area (Å²) in [6.45, 7) is 0. The van der Waals surface area contributed by atoms with Crippen LogP contribution in [0.4, 0.5) is 22.7 Å². The highest BCUT2D eigenvalue weighted by Gasteiger charge is 2.21. The lowest BCUT2D eigenvalue weighted by atomic mass is 10.1. The van der Waals surface area contributed by atoms with Gasteiger partial charge in [-0.3, -0.25) is 38.4 Å². The zero-order valence-electron chi connectivity index (χ0n) is 27.7. The second kappa shape index (κ2) is 14.2. The van der Waals surface area contributed by atoms with E-state index in [2.05, 4.69) is 41.2 Å². The smallest absolute Gasteiger partial charge is 0.314 e. The molecule has 5 aromatic carbocycles. The average molecular weight is 723 g/mol. The van der Waals surface area contributed by atoms with E-state index in [0.29, 0.717) is 0 Å². The number of aromatic nitrogens is 4. The quantitative estimate of drug-likeness (QED) is 0.107. The fraction of sp³-hybridized carbons (Fsp3) is 0. The van der Waals surface area contributed by atoms with Gasteiger partial charge in [0.1, 0.15) is 0 Å². The number of carbonyl (C=O) groups is 4. The Labute approximate surface area is 300 Å². The summed E-state index contributed by atoms with van der Waals surface area (Å²) < 4.78 is 0. The van der Waals surface area contributed by atoms with Gasteiger partial charge in [-0.15, -0.1) is 0 Å². The van der Waals surface area contributed by atoms with Crippen molar-refractivity contribution in [1.29, 1.82) is 0 Å². The van der Waals surface area contributed by atoms with E-state index in [1.54, 1.807) is 18.2 Å². The molecular weight excluding hydrogens is 696 g/mol. The summed E-state index contributed by atoms with van der Waals surface area (Å²) in [5, 5.41) is 10.1. The Balaban J connectivity index is 1.57. The molecule has 0 atom stereocenters. The molecule has 6 aromatic rings. The number of hydrogen-bond donors (Lipinski definition) is 8. The number of carbonyl (C=O) groups excluding carboxylic acids is 4. The number of nitrogens with one attached hydrogen (secondary N) is 8. The summed E-state index contributed by atoms with van der Waals surface area (Å²) in [4.78, 5) is 117. The Bertz CT molecular complexity index is 2980. The molecule has 0 saturated heterocycles. The minimum atomic E-state index is -1.11. The highest BCUT2D eigenvalue weighted by molar-refractivity contribution is 6.44. The van der Waals surface area contributed by atoms with Crippen molar-refractivity contribution >= 4 is 79.2 Å². The highest BCUT2D eigenvalue weighted by Crippen LogP contribution is 2.29. The normalized spacial score (nSPS) is 12.7. The van der Waals surface area contributed by atoms with Crippen molar-refractivity contribution in [2.45, 2.75) is 0 Å². The molecule has 266 valence electrons. The first kappa shape index (κ1) is 34.3. The van der Waals surface area contributed by atoms with E-state index < -0.39 is 45.9 Å². The third kappa shape index (κ3) is 7.06. The van der Waals surface area contributed by atoms with Crippen LogP contribution < -0.4 is 43.5 Å². The Morgan fingerprint density at radius 2 is 0.815 bits per heavy atom. The molecular formula is C38H26N8O8. The van der Waals surface area contributed by atoms with Gasteiger partial charge in [-0.1, -0.05) is 42.5 Å². The van der Waals surface area contributed by atoms with Gasteiger partial charge in [0.05, 0.1) is 55.5 Å². The maximum Gasteiger partial charge on any atom is 0.314 e. The number of hydrogen-bond acceptors (Lipinski definition) is 8. The van der Waals surface area contributed by atoms with E-state index >= 15 is 0 Å². The summed E-state index contributed by atoms with van der Waals surface area (Å²) in [5.74, 6) is -3.64. The number of rotatable bonds is 0. The number of amides is 4. The third-order valence-electron chi connectivity index (χ3n) is 8.21. The van der Waals surface area contributed by atoms with E-state index in [4.69, 9.17) is 0 Å². The lowest BCUT2D eigenvalue weighted by molar-refractivity contribution is -0.133. The van der Waals surface area contributed by atoms with E-state index in [-0.39, 0.29) is 66.7 Å². The molecule has 7 rings (SSSR count). The monoisotopic (exact) mass is 722 g/mol. The van der Waals surface area contributed by atoms with Crippen LogP contribution in [0, 0.1) is 0 Å². The molecule has 16 nitrogen and oxygen atoms in total. The van der Waals surface area contributed by atoms with Gasteiger partial charge in [0.15, 0.2) is 0 Å². The molecule has 54 heavy (non-hydrogen) atoms. The fourth-order valence-corrected chi connectivity index (χ4v) is 5.61. The Morgan fingerprint density at radius 1 is 0.333 bits per heavy atom. The van der Waals surface area contributed by atoms with E-state index in [9.17, 15) is 38.4 Å². The maximum absolute atomic E-state index is 13.8. The molecule has 0 unspecified atom stereocenters. The zero-order chi connectivity index (χ0) is 37.9. The first-order valence-corrected chi connectivity index (χ1v) is 16.1. The van der Waals surface area contributed by atoms with Gasteiger partial charge in [0.25, 0.3) is 22.9 Å². The lowest BCUT2D eigenvalue weighted by Gasteiger charge is -2.15. The van der Waals surface area contributed by atoms with Crippen LogP contribution in [0.1, 0.15) is 20.7 Å². The second-order valence-electron chi connectivity index (χ2n) is 11.8. The SMILES string of the molecule is O=C1Nc2cccc(c2)C(=O)Nc2cc3[nH]c(=O)c4ccccc4[nH]c(=O)c(=O)[nH]c4ccccc4c(=O)[nH]c3cc2NC(=O)c2ccccc2NC1=O. The van der Waals surface area contributed by atoms with Gasteiger partial charge in [0, 0.05) is 11.3 Å². The van der Waals surface area contributed by atoms with Crippen LogP contribution in [-0.2, 0) is 9.59 Å². The van der Waals surface area contributed by atoms with Crippen molar-refractivity contribution in [1.82, 2.24) is 19.9 Å². The predicted octanol–water partition coefficient (Wildman–Crippen LogP) is 3.54. The van der Waals surface area contributed by atoms with Gasteiger partial charge < -0.3 is 41.2 Å². The highest BCUT2D eigenvalue weighted by atomic mass is 16.2. The van der Waals surface area contributed by atoms with E-state index in [1.165, 1.54) is 91.0 Å². The molecule has 8 N–H and O–H groups in total. The molecule has 4 amide bonds. The molecule has 2 heterocycles. The average Bonchev–Trinajstić information content (AvgIpc) is 3.16. The number of benzene rings is 5. The third-order valence-corrected chi connectivity index (χ3v) is 8.21. The first-order valence-electron chi connectivity index (χ1n) is 16.1. The van der Waals surface area contributed by atoms with Crippen molar-refractivity contribution < 1.29 is 19.2 Å². The molecule has 0 aliphatic carbocycles. The number of aromatic amines is 4. The largest absolute Gasteiger partial charge is 0.320 e. The van der Waals surface area contributed by atoms with Crippen molar-refractivity contribution in [3.8, 4) is 0 Å². The second-order valence-corrected chi connectivity index (χ2v) is 11.8. The number of anilines is 4. The van der Waals surface area contributed by atoms with Gasteiger partial charge in [-0.25, -0.2) is 0 Å². The molecule has 2 bridgehead atoms. The predicted molar refractivity (Wildman–Crippen MR) is 203 cm³/mol. The summed E-state index contributed by atoms with van der Waals surface area (Å²) in [7, 11) is 0. The summed E-state index contributed by atoms with van der Waals surface area (Å²) in [6.07, 6.45) is 0. The summed E-state index contributed by atoms with van der Waals surface area (Å²) in [5.41, 5.74) is -3.88. The molecule has 1 aliphatic heterocycles. The van der Waals surface area contributed by atoms with E-state index in [0.717, 1.165) is 0 Å². The standard InChI is InChI=1S/C38H26N8O8/c47-31-19-8-7-9-20(16-19)39-35(51)36(52)40-24-13-4-1-10-21(24)32(48)44-28-18-30-29(17-27(28)43-31)45-33(49)22-11-2-5-14-25(22)41-37(53)38(54)42-26-15-6-3-12-23(26)34(50)46-30/h1-18H,(H,39,51)(H,40,52)(H,41,53)(H,42,54)(H,43,47)(H,44,48)(H,45,49)(H,46,50). The van der Waals surface area contributed by atoms with Crippen molar-refractivity contribution in [2.24, 2.45) is 0 Å². The van der Waals surface area contributed by atoms with Gasteiger partial charge in [-0.05, 0) is 66.7 Å². The maximum atomic E-state index is 13.8. The van der Waals surface area contributed by atoms with Gasteiger partial charge in [-0.2, -0.15) is 0 Å². The van der Waals surface area contributed by atoms with Crippen molar-refractivity contribution in [3.63, 3.8) is 0 Å². The molecule has 0 radical (unpaired) electrons. The van der Waals surface area contributed by atoms with Gasteiger partial charge >= 0.3 is 22.9 Å². The molecule has 1 aromatic heterocycles. The van der Waals surface area contributed by atoms with E-state index in [1.807, 2.05) is 0 Å². The van der Waals surface area contributed by atoms with Crippen molar-refractivity contribution in [2.75, 3.05) is 21.3 Å². The first-order chi connectivity index (χ1) is 26.0. The van der Waals surface area contributed by atoms with Crippen LogP contribution in [0.15, 0.2) is 128 Å². The fourth-order valence-electron chi connectivity index (χ4n) is 5.61.